The van der Waals surface area contributed by atoms with Crippen molar-refractivity contribution in [1.82, 2.24) is 9.88 Å². The van der Waals surface area contributed by atoms with Gasteiger partial charge in [0, 0.05) is 42.3 Å². The fourth-order valence-electron chi connectivity index (χ4n) is 3.19. The van der Waals surface area contributed by atoms with Crippen LogP contribution in [0.2, 0.25) is 5.02 Å². The van der Waals surface area contributed by atoms with Crippen molar-refractivity contribution < 1.29 is 13.2 Å². The first-order chi connectivity index (χ1) is 11.9. The fraction of sp³-hybridized carbons (Fsp3) is 0.389. The number of rotatable bonds is 6. The molecule has 1 saturated heterocycles. The first-order valence-corrected chi connectivity index (χ1v) is 10.5. The van der Waals surface area contributed by atoms with Crippen LogP contribution in [-0.4, -0.2) is 36.4 Å². The molecular weight excluding hydrogens is 360 g/mol. The summed E-state index contributed by atoms with van der Waals surface area (Å²) in [5.74, 6) is 0.0704. The monoisotopic (exact) mass is 380 g/mol. The highest BCUT2D eigenvalue weighted by Crippen LogP contribution is 2.24. The molecule has 2 heterocycles. The molecule has 1 aromatic heterocycles. The first-order valence-electron chi connectivity index (χ1n) is 8.27. The molecule has 0 radical (unpaired) electrons. The van der Waals surface area contributed by atoms with Crippen LogP contribution in [0.25, 0.3) is 0 Å². The Kier molecular flexibility index (Phi) is 5.49. The molecule has 2 atom stereocenters. The van der Waals surface area contributed by atoms with Crippen molar-refractivity contribution in [2.45, 2.75) is 31.3 Å². The van der Waals surface area contributed by atoms with Crippen molar-refractivity contribution in [3.05, 3.63) is 59.4 Å². The van der Waals surface area contributed by atoms with Crippen molar-refractivity contribution in [2.24, 2.45) is 0 Å². The van der Waals surface area contributed by atoms with E-state index >= 15 is 0 Å². The lowest BCUT2D eigenvalue weighted by atomic mass is 9.95. The van der Waals surface area contributed by atoms with Crippen LogP contribution in [0.1, 0.15) is 24.3 Å². The molecule has 3 rings (SSSR count). The molecule has 0 unspecified atom stereocenters. The third-order valence-electron chi connectivity index (χ3n) is 4.47. The molecule has 0 bridgehead atoms. The van der Waals surface area contributed by atoms with Gasteiger partial charge in [0.2, 0.25) is 5.91 Å². The molecule has 1 fully saturated rings. The summed E-state index contributed by atoms with van der Waals surface area (Å²) in [5, 5.41) is 3.53. The summed E-state index contributed by atoms with van der Waals surface area (Å²) in [6.07, 6.45) is 4.72. The smallest absolute Gasteiger partial charge is 0.220 e. The maximum Gasteiger partial charge on any atom is 0.220 e. The van der Waals surface area contributed by atoms with Crippen molar-refractivity contribution in [3.8, 4) is 0 Å². The number of nitrogens with zero attached hydrogens (tertiary/aromatic N) is 1. The number of benzene rings is 1. The number of amides is 1. The maximum absolute atomic E-state index is 12.4. The third kappa shape index (κ3) is 5.09. The number of nitrogens with one attached hydrogen (secondary N) is 1. The molecule has 5 nitrogen and oxygen atoms in total. The van der Waals surface area contributed by atoms with Crippen LogP contribution in [0, 0.1) is 0 Å². The third-order valence-corrected chi connectivity index (χ3v) is 6.49. The highest BCUT2D eigenvalue weighted by atomic mass is 35.5. The van der Waals surface area contributed by atoms with Gasteiger partial charge >= 0.3 is 0 Å². The number of hydrogen-bond donors (Lipinski definition) is 1. The molecule has 1 aliphatic rings. The molecular formula is C18H21ClN2O3S. The minimum atomic E-state index is -3.00. The Labute approximate surface area is 152 Å². The molecule has 7 heteroatoms. The van der Waals surface area contributed by atoms with E-state index in [0.717, 1.165) is 5.56 Å². The summed E-state index contributed by atoms with van der Waals surface area (Å²) in [4.78, 5) is 12.4. The largest absolute Gasteiger partial charge is 0.354 e. The van der Waals surface area contributed by atoms with E-state index in [1.54, 1.807) is 0 Å². The Balaban J connectivity index is 1.68. The number of hydrogen-bond acceptors (Lipinski definition) is 3. The van der Waals surface area contributed by atoms with E-state index in [0.29, 0.717) is 24.4 Å². The standard InChI is InChI=1S/C18H21ClN2O3S/c19-16-5-3-14(4-6-16)15(12-21-8-1-2-9-21)11-18(22)20-17-7-10-25(23,24)13-17/h1-6,8-9,15,17H,7,10-13H2,(H,20,22)/t15-,17+/m1/s1. The van der Waals surface area contributed by atoms with Crippen molar-refractivity contribution in [2.75, 3.05) is 11.5 Å². The Morgan fingerprint density at radius 3 is 2.52 bits per heavy atom. The maximum atomic E-state index is 12.4. The highest BCUT2D eigenvalue weighted by Gasteiger charge is 2.29. The van der Waals surface area contributed by atoms with E-state index in [1.165, 1.54) is 0 Å². The SMILES string of the molecule is O=C(C[C@H](Cn1cccc1)c1ccc(Cl)cc1)N[C@H]1CCS(=O)(=O)C1. The van der Waals surface area contributed by atoms with Gasteiger partial charge in [-0.1, -0.05) is 23.7 Å². The van der Waals surface area contributed by atoms with Crippen LogP contribution in [-0.2, 0) is 21.2 Å². The van der Waals surface area contributed by atoms with Crippen LogP contribution in [0.15, 0.2) is 48.8 Å². The molecule has 134 valence electrons. The second-order valence-electron chi connectivity index (χ2n) is 6.50. The zero-order valence-electron chi connectivity index (χ0n) is 13.8. The van der Waals surface area contributed by atoms with Gasteiger partial charge in [-0.2, -0.15) is 0 Å². The molecule has 1 aliphatic heterocycles. The summed E-state index contributed by atoms with van der Waals surface area (Å²) in [5.41, 5.74) is 1.03. The van der Waals surface area contributed by atoms with Crippen LogP contribution < -0.4 is 5.32 Å². The minimum absolute atomic E-state index is 0.0114. The van der Waals surface area contributed by atoms with Gasteiger partial charge in [0.25, 0.3) is 0 Å². The van der Waals surface area contributed by atoms with E-state index in [1.807, 2.05) is 53.4 Å². The predicted octanol–water partition coefficient (Wildman–Crippen LogP) is 2.62. The quantitative estimate of drug-likeness (QED) is 0.837. The first kappa shape index (κ1) is 18.0. The summed E-state index contributed by atoms with van der Waals surface area (Å²) in [6.45, 7) is 0.672. The number of carbonyl (C=O) groups excluding carboxylic acids is 1. The van der Waals surface area contributed by atoms with E-state index in [4.69, 9.17) is 11.6 Å². The van der Waals surface area contributed by atoms with E-state index in [9.17, 15) is 13.2 Å². The minimum Gasteiger partial charge on any atom is -0.354 e. The predicted molar refractivity (Wildman–Crippen MR) is 98.4 cm³/mol. The lowest BCUT2D eigenvalue weighted by Crippen LogP contribution is -2.36. The molecule has 25 heavy (non-hydrogen) atoms. The van der Waals surface area contributed by atoms with Gasteiger partial charge < -0.3 is 9.88 Å². The van der Waals surface area contributed by atoms with Gasteiger partial charge in [0.05, 0.1) is 11.5 Å². The zero-order chi connectivity index (χ0) is 17.9. The fourth-order valence-corrected chi connectivity index (χ4v) is 4.99. The van der Waals surface area contributed by atoms with E-state index in [2.05, 4.69) is 5.32 Å². The average Bonchev–Trinajstić information content (AvgIpc) is 3.17. The second-order valence-corrected chi connectivity index (χ2v) is 9.17. The van der Waals surface area contributed by atoms with Gasteiger partial charge in [-0.3, -0.25) is 4.79 Å². The molecule has 0 aliphatic carbocycles. The van der Waals surface area contributed by atoms with Gasteiger partial charge in [0.15, 0.2) is 9.84 Å². The second kappa shape index (κ2) is 7.62. The highest BCUT2D eigenvalue weighted by molar-refractivity contribution is 7.91. The zero-order valence-corrected chi connectivity index (χ0v) is 15.3. The summed E-state index contributed by atoms with van der Waals surface area (Å²) in [6, 6.07) is 11.1. The Bertz CT molecular complexity index is 817. The van der Waals surface area contributed by atoms with Gasteiger partial charge in [-0.25, -0.2) is 8.42 Å². The Hall–Kier alpha value is -1.79. The lowest BCUT2D eigenvalue weighted by molar-refractivity contribution is -0.122. The molecule has 1 N–H and O–H groups in total. The van der Waals surface area contributed by atoms with Crippen LogP contribution in [0.3, 0.4) is 0 Å². The van der Waals surface area contributed by atoms with E-state index in [-0.39, 0.29) is 29.4 Å². The molecule has 2 aromatic rings. The van der Waals surface area contributed by atoms with Crippen LogP contribution >= 0.6 is 11.6 Å². The molecule has 0 spiro atoms. The number of carbonyl (C=O) groups is 1. The van der Waals surface area contributed by atoms with Crippen molar-refractivity contribution in [3.63, 3.8) is 0 Å². The van der Waals surface area contributed by atoms with Gasteiger partial charge in [-0.05, 0) is 36.2 Å². The van der Waals surface area contributed by atoms with Gasteiger partial charge in [-0.15, -0.1) is 0 Å². The van der Waals surface area contributed by atoms with Gasteiger partial charge in [0.1, 0.15) is 0 Å². The van der Waals surface area contributed by atoms with Crippen molar-refractivity contribution in [1.29, 1.82) is 0 Å². The average molecular weight is 381 g/mol. The Morgan fingerprint density at radius 1 is 1.24 bits per heavy atom. The van der Waals surface area contributed by atoms with Crippen molar-refractivity contribution >= 4 is 27.3 Å². The Morgan fingerprint density at radius 2 is 1.92 bits per heavy atom. The normalized spacial score (nSPS) is 20.3. The lowest BCUT2D eigenvalue weighted by Gasteiger charge is -2.19. The molecule has 1 aromatic carbocycles. The van der Waals surface area contributed by atoms with Crippen LogP contribution in [0.4, 0.5) is 0 Å². The summed E-state index contributed by atoms with van der Waals surface area (Å²) in [7, 11) is -3.00. The molecule has 1 amide bonds. The number of aromatic nitrogens is 1. The summed E-state index contributed by atoms with van der Waals surface area (Å²) >= 11 is 5.96. The summed E-state index contributed by atoms with van der Waals surface area (Å²) < 4.78 is 25.1. The number of halogens is 1. The van der Waals surface area contributed by atoms with E-state index < -0.39 is 9.84 Å². The van der Waals surface area contributed by atoms with Crippen LogP contribution in [0.5, 0.6) is 0 Å². The topological polar surface area (TPSA) is 68.2 Å². The number of sulfone groups is 1. The molecule has 0 saturated carbocycles.